The first kappa shape index (κ1) is 20.7. The summed E-state index contributed by atoms with van der Waals surface area (Å²) >= 11 is 0. The molecule has 6 heteroatoms. The highest BCUT2D eigenvalue weighted by Gasteiger charge is 2.61. The van der Waals surface area contributed by atoms with Crippen LogP contribution in [0, 0.1) is 0 Å². The van der Waals surface area contributed by atoms with E-state index in [-0.39, 0.29) is 12.5 Å². The molecule has 3 aromatic rings. The number of carbonyl (C=O) groups excluding carboxylic acids is 3. The van der Waals surface area contributed by atoms with Crippen LogP contribution in [0.5, 0.6) is 5.75 Å². The molecule has 0 fully saturated rings. The molecule has 3 amide bonds. The van der Waals surface area contributed by atoms with E-state index in [1.165, 1.54) is 16.7 Å². The second-order valence-corrected chi connectivity index (χ2v) is 8.15. The molecule has 0 saturated carbocycles. The third-order valence-electron chi connectivity index (χ3n) is 6.39. The van der Waals surface area contributed by atoms with Crippen molar-refractivity contribution < 1.29 is 19.1 Å². The summed E-state index contributed by atoms with van der Waals surface area (Å²) in [4.78, 5) is 43.5. The van der Waals surface area contributed by atoms with Crippen LogP contribution in [-0.4, -0.2) is 29.7 Å². The summed E-state index contributed by atoms with van der Waals surface area (Å²) in [6, 6.07) is 21.5. The molecule has 3 aromatic carbocycles. The molecule has 1 spiro atoms. The molecule has 6 nitrogen and oxygen atoms in total. The summed E-state index contributed by atoms with van der Waals surface area (Å²) < 4.78 is 5.38. The van der Waals surface area contributed by atoms with Gasteiger partial charge in [0.25, 0.3) is 11.8 Å². The van der Waals surface area contributed by atoms with Crippen LogP contribution in [0.2, 0.25) is 0 Å². The van der Waals surface area contributed by atoms with E-state index >= 15 is 0 Å². The number of rotatable bonds is 3. The van der Waals surface area contributed by atoms with Crippen LogP contribution >= 0.6 is 0 Å². The van der Waals surface area contributed by atoms with Crippen molar-refractivity contribution in [1.29, 1.82) is 0 Å². The Balaban J connectivity index is 1.78. The van der Waals surface area contributed by atoms with Gasteiger partial charge in [-0.15, -0.1) is 0 Å². The molecular weight excluding hydrogens is 416 g/mol. The van der Waals surface area contributed by atoms with Gasteiger partial charge in [-0.2, -0.15) is 0 Å². The monoisotopic (exact) mass is 438 g/mol. The van der Waals surface area contributed by atoms with Gasteiger partial charge in [-0.05, 0) is 35.4 Å². The van der Waals surface area contributed by atoms with Crippen LogP contribution < -0.4 is 9.64 Å². The molecule has 5 rings (SSSR count). The van der Waals surface area contributed by atoms with Crippen molar-refractivity contribution in [2.24, 2.45) is 0 Å². The zero-order chi connectivity index (χ0) is 23.3. The third kappa shape index (κ3) is 2.77. The first-order chi connectivity index (χ1) is 15.9. The Labute approximate surface area is 191 Å². The fourth-order valence-electron chi connectivity index (χ4n) is 4.95. The first-order valence-corrected chi connectivity index (χ1v) is 10.6. The molecule has 2 aliphatic heterocycles. The van der Waals surface area contributed by atoms with Crippen LogP contribution in [-0.2, 0) is 21.7 Å². The number of benzene rings is 3. The van der Waals surface area contributed by atoms with E-state index in [0.29, 0.717) is 33.7 Å². The molecule has 164 valence electrons. The normalized spacial score (nSPS) is 19.0. The quantitative estimate of drug-likeness (QED) is 0.576. The Morgan fingerprint density at radius 1 is 0.970 bits per heavy atom. The van der Waals surface area contributed by atoms with Crippen molar-refractivity contribution >= 4 is 29.0 Å². The van der Waals surface area contributed by atoms with E-state index < -0.39 is 17.4 Å². The average molecular weight is 438 g/mol. The van der Waals surface area contributed by atoms with Crippen LogP contribution in [0.1, 0.15) is 34.0 Å². The van der Waals surface area contributed by atoms with E-state index in [4.69, 9.17) is 4.74 Å². The third-order valence-corrected chi connectivity index (χ3v) is 6.39. The Morgan fingerprint density at radius 2 is 1.67 bits per heavy atom. The molecular formula is C27H22N2O4. The van der Waals surface area contributed by atoms with Gasteiger partial charge in [0.05, 0.1) is 19.3 Å². The zero-order valence-corrected chi connectivity index (χ0v) is 18.4. The minimum Gasteiger partial charge on any atom is -0.497 e. The van der Waals surface area contributed by atoms with Crippen LogP contribution in [0.3, 0.4) is 0 Å². The largest absolute Gasteiger partial charge is 0.497 e. The van der Waals surface area contributed by atoms with Crippen molar-refractivity contribution in [3.05, 3.63) is 102 Å². The van der Waals surface area contributed by atoms with Gasteiger partial charge in [0.15, 0.2) is 5.54 Å². The maximum atomic E-state index is 14.3. The number of fused-ring (bicyclic) bond motifs is 3. The van der Waals surface area contributed by atoms with Gasteiger partial charge in [0.1, 0.15) is 5.75 Å². The number of hydrogen-bond donors (Lipinski definition) is 0. The van der Waals surface area contributed by atoms with Gasteiger partial charge in [-0.25, -0.2) is 0 Å². The topological polar surface area (TPSA) is 66.9 Å². The summed E-state index contributed by atoms with van der Waals surface area (Å²) in [7, 11) is 1.55. The van der Waals surface area contributed by atoms with Gasteiger partial charge in [0, 0.05) is 23.6 Å². The van der Waals surface area contributed by atoms with Gasteiger partial charge in [0.2, 0.25) is 5.91 Å². The van der Waals surface area contributed by atoms with Crippen LogP contribution in [0.15, 0.2) is 79.4 Å². The maximum Gasteiger partial charge on any atom is 0.265 e. The lowest BCUT2D eigenvalue weighted by atomic mass is 9.75. The van der Waals surface area contributed by atoms with Crippen molar-refractivity contribution in [2.45, 2.75) is 19.0 Å². The average Bonchev–Trinajstić information content (AvgIpc) is 3.10. The zero-order valence-electron chi connectivity index (χ0n) is 18.4. The van der Waals surface area contributed by atoms with E-state index in [9.17, 15) is 14.4 Å². The molecule has 0 aromatic heterocycles. The van der Waals surface area contributed by atoms with Crippen molar-refractivity contribution in [3.8, 4) is 5.75 Å². The lowest BCUT2D eigenvalue weighted by molar-refractivity contribution is -0.135. The molecule has 0 aliphatic carbocycles. The van der Waals surface area contributed by atoms with Crippen molar-refractivity contribution in [1.82, 2.24) is 4.90 Å². The number of anilines is 1. The Bertz CT molecular complexity index is 1330. The molecule has 2 heterocycles. The lowest BCUT2D eigenvalue weighted by Crippen LogP contribution is -2.61. The van der Waals surface area contributed by atoms with Gasteiger partial charge >= 0.3 is 0 Å². The summed E-state index contributed by atoms with van der Waals surface area (Å²) in [6.07, 6.45) is 0. The molecule has 0 bridgehead atoms. The summed E-state index contributed by atoms with van der Waals surface area (Å²) in [6.45, 7) is 5.80. The summed E-state index contributed by atoms with van der Waals surface area (Å²) in [5.74, 6) is -0.623. The smallest absolute Gasteiger partial charge is 0.265 e. The number of ether oxygens (including phenoxy) is 1. The second kappa shape index (κ2) is 7.45. The highest BCUT2D eigenvalue weighted by molar-refractivity contribution is 6.25. The number of nitrogens with zero attached hydrogens (tertiary/aromatic N) is 2. The van der Waals surface area contributed by atoms with E-state index in [1.807, 2.05) is 30.3 Å². The standard InChI is InChI=1S/C27H22N2O4/c1-17-22-15-20(33-3)13-14-24(22)29(18(2)30)27(17)23-12-8-7-11-21(23)25(31)28(26(27)32)16-19-9-5-4-6-10-19/h4-15H,1,16H2,2-3H3. The summed E-state index contributed by atoms with van der Waals surface area (Å²) in [5, 5.41) is 0. The number of carbonyl (C=O) groups is 3. The molecule has 0 saturated heterocycles. The number of hydrogen-bond acceptors (Lipinski definition) is 4. The first-order valence-electron chi connectivity index (χ1n) is 10.6. The Morgan fingerprint density at radius 3 is 2.36 bits per heavy atom. The van der Waals surface area contributed by atoms with Crippen LogP contribution in [0.4, 0.5) is 5.69 Å². The highest BCUT2D eigenvalue weighted by Crippen LogP contribution is 2.56. The summed E-state index contributed by atoms with van der Waals surface area (Å²) in [5.41, 5.74) is 1.73. The predicted octanol–water partition coefficient (Wildman–Crippen LogP) is 4.15. The van der Waals surface area contributed by atoms with E-state index in [1.54, 1.807) is 49.6 Å². The van der Waals surface area contributed by atoms with Crippen LogP contribution in [0.25, 0.3) is 5.57 Å². The van der Waals surface area contributed by atoms with Gasteiger partial charge in [-0.3, -0.25) is 24.2 Å². The minimum absolute atomic E-state index is 0.0906. The van der Waals surface area contributed by atoms with E-state index in [0.717, 1.165) is 5.56 Å². The second-order valence-electron chi connectivity index (χ2n) is 8.15. The van der Waals surface area contributed by atoms with Crippen molar-refractivity contribution in [3.63, 3.8) is 0 Å². The predicted molar refractivity (Wildman–Crippen MR) is 125 cm³/mol. The number of methoxy groups -OCH3 is 1. The van der Waals surface area contributed by atoms with Gasteiger partial charge in [-0.1, -0.05) is 55.1 Å². The Kier molecular flexibility index (Phi) is 4.67. The number of imide groups is 1. The molecule has 2 aliphatic rings. The fraction of sp³-hybridized carbons (Fsp3) is 0.148. The molecule has 33 heavy (non-hydrogen) atoms. The fourth-order valence-corrected chi connectivity index (χ4v) is 4.95. The minimum atomic E-state index is -1.56. The molecule has 1 atom stereocenters. The van der Waals surface area contributed by atoms with E-state index in [2.05, 4.69) is 6.58 Å². The Hall–Kier alpha value is -4.19. The lowest BCUT2D eigenvalue weighted by Gasteiger charge is -2.45. The SMILES string of the molecule is C=C1c2cc(OC)ccc2N(C(C)=O)C12C(=O)N(Cc1ccccc1)C(=O)c1ccccc12. The number of amides is 3. The molecule has 0 N–H and O–H groups in total. The molecule has 0 radical (unpaired) electrons. The highest BCUT2D eigenvalue weighted by atomic mass is 16.5. The molecule has 1 unspecified atom stereocenters. The van der Waals surface area contributed by atoms with Gasteiger partial charge < -0.3 is 4.74 Å². The van der Waals surface area contributed by atoms with Crippen molar-refractivity contribution in [2.75, 3.05) is 12.0 Å². The maximum absolute atomic E-state index is 14.3.